The van der Waals surface area contributed by atoms with Gasteiger partial charge in [-0.2, -0.15) is 4.72 Å². The van der Waals surface area contributed by atoms with Crippen LogP contribution in [0, 0.1) is 13.8 Å². The molecular weight excluding hydrogens is 480 g/mol. The molecular formula is C26H26N4O5S. The van der Waals surface area contributed by atoms with Crippen molar-refractivity contribution in [2.24, 2.45) is 14.1 Å². The number of nitrogens with zero attached hydrogens (tertiary/aromatic N) is 2. The number of hydrogen-bond donors (Lipinski definition) is 2. The summed E-state index contributed by atoms with van der Waals surface area (Å²) in [5, 5.41) is 2.88. The highest BCUT2D eigenvalue weighted by Crippen LogP contribution is 2.23. The Morgan fingerprint density at radius 1 is 0.889 bits per heavy atom. The summed E-state index contributed by atoms with van der Waals surface area (Å²) < 4.78 is 31.5. The number of amides is 1. The molecule has 0 aliphatic heterocycles. The fourth-order valence-corrected chi connectivity index (χ4v) is 5.25. The maximum Gasteiger partial charge on any atom is 0.330 e. The highest BCUT2D eigenvalue weighted by Gasteiger charge is 2.28. The van der Waals surface area contributed by atoms with E-state index in [1.54, 1.807) is 36.4 Å². The van der Waals surface area contributed by atoms with E-state index in [-0.39, 0.29) is 10.3 Å². The van der Waals surface area contributed by atoms with Gasteiger partial charge in [-0.15, -0.1) is 0 Å². The van der Waals surface area contributed by atoms with Gasteiger partial charge in [0.15, 0.2) is 0 Å². The molecule has 4 rings (SSSR count). The monoisotopic (exact) mass is 506 g/mol. The zero-order chi connectivity index (χ0) is 26.2. The molecule has 0 aliphatic rings. The van der Waals surface area contributed by atoms with E-state index in [9.17, 15) is 22.8 Å². The predicted octanol–water partition coefficient (Wildman–Crippen LogP) is 2.51. The molecule has 0 saturated carbocycles. The number of nitrogens with one attached hydrogen (secondary N) is 2. The van der Waals surface area contributed by atoms with Crippen LogP contribution in [0.2, 0.25) is 0 Å². The molecule has 1 aromatic heterocycles. The van der Waals surface area contributed by atoms with E-state index >= 15 is 0 Å². The fraction of sp³-hybridized carbons (Fsp3) is 0.192. The first-order chi connectivity index (χ1) is 17.0. The van der Waals surface area contributed by atoms with E-state index in [2.05, 4.69) is 10.0 Å². The summed E-state index contributed by atoms with van der Waals surface area (Å²) in [6, 6.07) is 16.7. The third kappa shape index (κ3) is 4.73. The van der Waals surface area contributed by atoms with Gasteiger partial charge in [-0.1, -0.05) is 48.0 Å². The number of benzene rings is 3. The average molecular weight is 507 g/mol. The molecule has 0 fully saturated rings. The number of carbonyl (C=O) groups is 1. The summed E-state index contributed by atoms with van der Waals surface area (Å²) in [6.45, 7) is 3.79. The predicted molar refractivity (Wildman–Crippen MR) is 138 cm³/mol. The first kappa shape index (κ1) is 25.1. The third-order valence-corrected chi connectivity index (χ3v) is 7.48. The molecule has 1 heterocycles. The van der Waals surface area contributed by atoms with Crippen LogP contribution in [0.1, 0.15) is 22.7 Å². The van der Waals surface area contributed by atoms with Crippen molar-refractivity contribution >= 4 is 32.5 Å². The van der Waals surface area contributed by atoms with Crippen molar-refractivity contribution in [2.45, 2.75) is 24.8 Å². The quantitative estimate of drug-likeness (QED) is 0.417. The number of fused-ring (bicyclic) bond motifs is 1. The van der Waals surface area contributed by atoms with Crippen LogP contribution in [0.4, 0.5) is 5.69 Å². The Labute approximate surface area is 208 Å². The van der Waals surface area contributed by atoms with Crippen LogP contribution in [-0.4, -0.2) is 23.5 Å². The lowest BCUT2D eigenvalue weighted by Crippen LogP contribution is -2.38. The number of aryl methyl sites for hydroxylation is 3. The summed E-state index contributed by atoms with van der Waals surface area (Å²) >= 11 is 0. The van der Waals surface area contributed by atoms with E-state index in [4.69, 9.17) is 0 Å². The van der Waals surface area contributed by atoms with Crippen LogP contribution < -0.4 is 21.3 Å². The van der Waals surface area contributed by atoms with Gasteiger partial charge in [0.25, 0.3) is 5.56 Å². The van der Waals surface area contributed by atoms with Crippen molar-refractivity contribution < 1.29 is 13.2 Å². The van der Waals surface area contributed by atoms with Gasteiger partial charge >= 0.3 is 5.69 Å². The highest BCUT2D eigenvalue weighted by atomic mass is 32.2. The van der Waals surface area contributed by atoms with Crippen LogP contribution in [0.5, 0.6) is 0 Å². The number of rotatable bonds is 6. The Hall–Kier alpha value is -4.02. The Morgan fingerprint density at radius 3 is 2.25 bits per heavy atom. The minimum Gasteiger partial charge on any atom is -0.324 e. The second-order valence-electron chi connectivity index (χ2n) is 8.66. The van der Waals surface area contributed by atoms with E-state index < -0.39 is 33.2 Å². The van der Waals surface area contributed by atoms with E-state index in [0.717, 1.165) is 15.7 Å². The topological polar surface area (TPSA) is 119 Å². The molecule has 0 spiro atoms. The first-order valence-corrected chi connectivity index (χ1v) is 12.6. The molecule has 0 radical (unpaired) electrons. The Kier molecular flexibility index (Phi) is 6.66. The average Bonchev–Trinajstić information content (AvgIpc) is 2.86. The number of anilines is 1. The lowest BCUT2D eigenvalue weighted by molar-refractivity contribution is -0.117. The normalized spacial score (nSPS) is 12.4. The van der Waals surface area contributed by atoms with Crippen molar-refractivity contribution in [3.63, 3.8) is 0 Å². The maximum absolute atomic E-state index is 13.4. The van der Waals surface area contributed by atoms with Crippen LogP contribution in [0.25, 0.3) is 10.9 Å². The zero-order valence-corrected chi connectivity index (χ0v) is 21.1. The Bertz CT molecular complexity index is 1710. The fourth-order valence-electron chi connectivity index (χ4n) is 4.04. The summed E-state index contributed by atoms with van der Waals surface area (Å²) in [7, 11) is -1.43. The SMILES string of the molecule is Cc1ccc(NC(=O)[C@H](NS(=O)(=O)c2ccc3c(c2)c(=O)n(C)c(=O)n3C)c2ccccc2)c(C)c1. The molecule has 9 nitrogen and oxygen atoms in total. The van der Waals surface area contributed by atoms with Crippen molar-refractivity contribution in [1.82, 2.24) is 13.9 Å². The van der Waals surface area contributed by atoms with Crippen LogP contribution in [0.15, 0.2) is 81.2 Å². The second kappa shape index (κ2) is 9.56. The molecule has 1 amide bonds. The number of sulfonamides is 1. The molecule has 0 unspecified atom stereocenters. The van der Waals surface area contributed by atoms with Crippen molar-refractivity contribution in [3.8, 4) is 0 Å². The van der Waals surface area contributed by atoms with Crippen molar-refractivity contribution in [1.29, 1.82) is 0 Å². The largest absolute Gasteiger partial charge is 0.330 e. The highest BCUT2D eigenvalue weighted by molar-refractivity contribution is 7.89. The lowest BCUT2D eigenvalue weighted by atomic mass is 10.1. The molecule has 10 heteroatoms. The van der Waals surface area contributed by atoms with E-state index in [1.807, 2.05) is 26.0 Å². The smallest absolute Gasteiger partial charge is 0.324 e. The minimum absolute atomic E-state index is 0.0680. The molecule has 36 heavy (non-hydrogen) atoms. The maximum atomic E-state index is 13.4. The van der Waals surface area contributed by atoms with Gasteiger partial charge in [0, 0.05) is 19.8 Å². The molecule has 2 N–H and O–H groups in total. The van der Waals surface area contributed by atoms with Gasteiger partial charge in [0.2, 0.25) is 15.9 Å². The molecule has 0 aliphatic carbocycles. The van der Waals surface area contributed by atoms with Crippen LogP contribution in [0.3, 0.4) is 0 Å². The van der Waals surface area contributed by atoms with Gasteiger partial charge in [0.1, 0.15) is 6.04 Å². The van der Waals surface area contributed by atoms with Crippen LogP contribution >= 0.6 is 0 Å². The van der Waals surface area contributed by atoms with Gasteiger partial charge in [-0.05, 0) is 49.2 Å². The summed E-state index contributed by atoms with van der Waals surface area (Å²) in [5.41, 5.74) is 2.06. The zero-order valence-electron chi connectivity index (χ0n) is 20.3. The van der Waals surface area contributed by atoms with E-state index in [0.29, 0.717) is 16.8 Å². The van der Waals surface area contributed by atoms with Crippen molar-refractivity contribution in [3.05, 3.63) is 104 Å². The van der Waals surface area contributed by atoms with Gasteiger partial charge in [-0.25, -0.2) is 13.2 Å². The standard InChI is InChI=1S/C26H26N4O5S/c1-16-10-12-21(17(2)14-16)27-24(31)23(18-8-6-5-7-9-18)28-36(34,35)19-11-13-22-20(15-19)25(32)30(4)26(33)29(22)3/h5-15,23,28H,1-4H3,(H,27,31)/t23-/m1/s1. The van der Waals surface area contributed by atoms with E-state index in [1.165, 1.54) is 36.9 Å². The molecule has 3 aromatic carbocycles. The molecule has 4 aromatic rings. The number of carbonyl (C=O) groups excluding carboxylic acids is 1. The third-order valence-electron chi connectivity index (χ3n) is 6.06. The lowest BCUT2D eigenvalue weighted by Gasteiger charge is -2.20. The number of aromatic nitrogens is 2. The van der Waals surface area contributed by atoms with Gasteiger partial charge in [-0.3, -0.25) is 18.7 Å². The minimum atomic E-state index is -4.25. The van der Waals surface area contributed by atoms with Crippen LogP contribution in [-0.2, 0) is 28.9 Å². The van der Waals surface area contributed by atoms with Crippen molar-refractivity contribution in [2.75, 3.05) is 5.32 Å². The van der Waals surface area contributed by atoms with Gasteiger partial charge < -0.3 is 5.32 Å². The van der Waals surface area contributed by atoms with Gasteiger partial charge in [0.05, 0.1) is 15.8 Å². The molecule has 1 atom stereocenters. The molecule has 0 saturated heterocycles. The summed E-state index contributed by atoms with van der Waals surface area (Å²) in [6.07, 6.45) is 0. The molecule has 0 bridgehead atoms. The first-order valence-electron chi connectivity index (χ1n) is 11.1. The second-order valence-corrected chi connectivity index (χ2v) is 10.4. The molecule has 186 valence electrons. The Balaban J connectivity index is 1.75. The Morgan fingerprint density at radius 2 is 1.58 bits per heavy atom. The summed E-state index contributed by atoms with van der Waals surface area (Å²) in [4.78, 5) is 38.0. The summed E-state index contributed by atoms with van der Waals surface area (Å²) in [5.74, 6) is -0.559. The number of hydrogen-bond acceptors (Lipinski definition) is 5.